The molecule has 5 atom stereocenters. The average Bonchev–Trinajstić information content (AvgIpc) is 3.08. The molecule has 2 heterocycles. The SMILES string of the molecule is CCCCC(=O)OC(C)C(=O)C(O)[C@H]1O[C@@H](n2cc(C=CBr)c(=O)[nH]c2=O)C[C@@H]1O. The summed E-state index contributed by atoms with van der Waals surface area (Å²) in [6.07, 6.45) is -2.42. The van der Waals surface area contributed by atoms with Crippen LogP contribution in [0.3, 0.4) is 0 Å². The molecule has 0 aromatic carbocycles. The Labute approximate surface area is 180 Å². The first-order valence-corrected chi connectivity index (χ1v) is 10.5. The summed E-state index contributed by atoms with van der Waals surface area (Å²) in [6, 6.07) is 0. The van der Waals surface area contributed by atoms with Crippen molar-refractivity contribution in [2.24, 2.45) is 0 Å². The van der Waals surface area contributed by atoms with E-state index in [4.69, 9.17) is 9.47 Å². The lowest BCUT2D eigenvalue weighted by Gasteiger charge is -2.23. The minimum atomic E-state index is -1.76. The van der Waals surface area contributed by atoms with Crippen LogP contribution in [-0.4, -0.2) is 55.9 Å². The second kappa shape index (κ2) is 10.8. The van der Waals surface area contributed by atoms with E-state index in [2.05, 4.69) is 20.9 Å². The highest BCUT2D eigenvalue weighted by molar-refractivity contribution is 9.11. The molecule has 1 saturated heterocycles. The monoisotopic (exact) mass is 488 g/mol. The van der Waals surface area contributed by atoms with E-state index >= 15 is 0 Å². The quantitative estimate of drug-likeness (QED) is 0.428. The largest absolute Gasteiger partial charge is 0.455 e. The Morgan fingerprint density at radius 1 is 1.47 bits per heavy atom. The predicted molar refractivity (Wildman–Crippen MR) is 110 cm³/mol. The van der Waals surface area contributed by atoms with Gasteiger partial charge in [0.25, 0.3) is 5.56 Å². The highest BCUT2D eigenvalue weighted by Gasteiger charge is 2.44. The maximum absolute atomic E-state index is 12.4. The number of aliphatic hydroxyl groups excluding tert-OH is 2. The number of esters is 1. The van der Waals surface area contributed by atoms with Crippen molar-refractivity contribution in [3.8, 4) is 0 Å². The molecule has 0 aliphatic carbocycles. The zero-order chi connectivity index (χ0) is 22.4. The van der Waals surface area contributed by atoms with Crippen molar-refractivity contribution in [2.45, 2.75) is 70.2 Å². The fourth-order valence-electron chi connectivity index (χ4n) is 3.07. The van der Waals surface area contributed by atoms with Crippen LogP contribution in [0.4, 0.5) is 0 Å². The number of rotatable bonds is 9. The molecule has 0 radical (unpaired) electrons. The molecule has 11 heteroatoms. The van der Waals surface area contributed by atoms with Crippen molar-refractivity contribution in [1.82, 2.24) is 9.55 Å². The van der Waals surface area contributed by atoms with E-state index in [1.54, 1.807) is 0 Å². The summed E-state index contributed by atoms with van der Waals surface area (Å²) in [6.45, 7) is 3.24. The van der Waals surface area contributed by atoms with Crippen LogP contribution in [-0.2, 0) is 19.1 Å². The molecule has 0 amide bonds. The summed E-state index contributed by atoms with van der Waals surface area (Å²) in [4.78, 5) is 51.6. The van der Waals surface area contributed by atoms with Gasteiger partial charge in [0.1, 0.15) is 18.4 Å². The molecule has 166 valence electrons. The van der Waals surface area contributed by atoms with Crippen LogP contribution in [0.5, 0.6) is 0 Å². The summed E-state index contributed by atoms with van der Waals surface area (Å²) in [5, 5.41) is 20.7. The van der Waals surface area contributed by atoms with E-state index in [9.17, 15) is 29.4 Å². The number of carbonyl (C=O) groups excluding carboxylic acids is 2. The van der Waals surface area contributed by atoms with Gasteiger partial charge in [-0.1, -0.05) is 29.3 Å². The third-order valence-corrected chi connectivity index (χ3v) is 5.00. The lowest BCUT2D eigenvalue weighted by Crippen LogP contribution is -2.45. The summed E-state index contributed by atoms with van der Waals surface area (Å²) >= 11 is 3.05. The maximum atomic E-state index is 12.4. The topological polar surface area (TPSA) is 148 Å². The maximum Gasteiger partial charge on any atom is 0.330 e. The van der Waals surface area contributed by atoms with Crippen molar-refractivity contribution < 1.29 is 29.3 Å². The van der Waals surface area contributed by atoms with Crippen molar-refractivity contribution in [3.05, 3.63) is 37.6 Å². The Hall–Kier alpha value is -2.08. The Bertz CT molecular complexity index is 909. The Morgan fingerprint density at radius 3 is 2.80 bits per heavy atom. The summed E-state index contributed by atoms with van der Waals surface area (Å²) in [5.74, 6) is -1.37. The number of aromatic amines is 1. The fraction of sp³-hybridized carbons (Fsp3) is 0.579. The number of nitrogens with one attached hydrogen (secondary N) is 1. The van der Waals surface area contributed by atoms with Gasteiger partial charge >= 0.3 is 11.7 Å². The van der Waals surface area contributed by atoms with E-state index in [0.29, 0.717) is 6.42 Å². The number of ether oxygens (including phenoxy) is 2. The number of carbonyl (C=O) groups is 2. The number of halogens is 1. The van der Waals surface area contributed by atoms with Gasteiger partial charge < -0.3 is 19.7 Å². The van der Waals surface area contributed by atoms with Crippen LogP contribution in [0.1, 0.15) is 51.3 Å². The molecule has 2 unspecified atom stereocenters. The van der Waals surface area contributed by atoms with E-state index in [-0.39, 0.29) is 18.4 Å². The van der Waals surface area contributed by atoms with Gasteiger partial charge in [-0.25, -0.2) is 4.79 Å². The standard InChI is InChI=1S/C19H25BrN2O8/c1-3-4-5-14(24)29-10(2)15(25)16(26)17-12(23)8-13(30-17)22-9-11(6-7-20)18(27)21-19(22)28/h6-7,9-10,12-13,16-17,23,26H,3-5,8H2,1-2H3,(H,21,27,28)/t10?,12-,13+,16?,17-/m0/s1. The third kappa shape index (κ3) is 5.75. The molecule has 1 aliphatic rings. The number of ketones is 1. The van der Waals surface area contributed by atoms with Crippen LogP contribution in [0.25, 0.3) is 6.08 Å². The highest BCUT2D eigenvalue weighted by Crippen LogP contribution is 2.30. The van der Waals surface area contributed by atoms with E-state index in [1.807, 2.05) is 6.92 Å². The molecule has 10 nitrogen and oxygen atoms in total. The van der Waals surface area contributed by atoms with Gasteiger partial charge in [-0.3, -0.25) is 23.9 Å². The molecule has 0 saturated carbocycles. The molecule has 0 spiro atoms. The van der Waals surface area contributed by atoms with Crippen molar-refractivity contribution in [2.75, 3.05) is 0 Å². The van der Waals surface area contributed by atoms with Gasteiger partial charge in [0.05, 0.1) is 11.7 Å². The van der Waals surface area contributed by atoms with E-state index < -0.39 is 53.6 Å². The number of nitrogens with zero attached hydrogens (tertiary/aromatic N) is 1. The molecular formula is C19H25BrN2O8. The first-order chi connectivity index (χ1) is 14.2. The molecule has 1 fully saturated rings. The summed E-state index contributed by atoms with van der Waals surface area (Å²) in [7, 11) is 0. The van der Waals surface area contributed by atoms with E-state index in [1.165, 1.54) is 24.2 Å². The third-order valence-electron chi connectivity index (χ3n) is 4.73. The number of aliphatic hydroxyl groups is 2. The molecule has 30 heavy (non-hydrogen) atoms. The average molecular weight is 489 g/mol. The molecular weight excluding hydrogens is 464 g/mol. The van der Waals surface area contributed by atoms with Gasteiger partial charge in [0, 0.05) is 19.0 Å². The predicted octanol–water partition coefficient (Wildman–Crippen LogP) is 0.602. The second-order valence-corrected chi connectivity index (χ2v) is 7.51. The van der Waals surface area contributed by atoms with Gasteiger partial charge in [-0.2, -0.15) is 0 Å². The first-order valence-electron chi connectivity index (χ1n) is 9.56. The number of hydrogen-bond donors (Lipinski definition) is 3. The van der Waals surface area contributed by atoms with Crippen molar-refractivity contribution in [1.29, 1.82) is 0 Å². The lowest BCUT2D eigenvalue weighted by molar-refractivity contribution is -0.162. The molecule has 0 bridgehead atoms. The summed E-state index contributed by atoms with van der Waals surface area (Å²) in [5.41, 5.74) is -1.20. The number of aromatic nitrogens is 2. The lowest BCUT2D eigenvalue weighted by atomic mass is 10.0. The molecule has 2 rings (SSSR count). The Kier molecular flexibility index (Phi) is 8.71. The van der Waals surface area contributed by atoms with Crippen molar-refractivity contribution in [3.63, 3.8) is 0 Å². The number of hydrogen-bond acceptors (Lipinski definition) is 8. The molecule has 1 aromatic rings. The van der Waals surface area contributed by atoms with Crippen LogP contribution in [0.15, 0.2) is 20.8 Å². The molecule has 3 N–H and O–H groups in total. The Morgan fingerprint density at radius 2 is 2.17 bits per heavy atom. The Balaban J connectivity index is 2.11. The highest BCUT2D eigenvalue weighted by atomic mass is 79.9. The van der Waals surface area contributed by atoms with Crippen LogP contribution < -0.4 is 11.2 Å². The minimum absolute atomic E-state index is 0.0942. The van der Waals surface area contributed by atoms with Gasteiger partial charge in [0.15, 0.2) is 6.10 Å². The first kappa shape index (κ1) is 24.2. The molecule has 1 aliphatic heterocycles. The molecule has 1 aromatic heterocycles. The fourth-order valence-corrected chi connectivity index (χ4v) is 3.36. The van der Waals surface area contributed by atoms with Crippen molar-refractivity contribution >= 4 is 33.8 Å². The number of Topliss-reactive ketones (excluding diaryl/α,β-unsaturated/α-hetero) is 1. The summed E-state index contributed by atoms with van der Waals surface area (Å²) < 4.78 is 11.7. The normalized spacial score (nSPS) is 23.4. The number of H-pyrrole nitrogens is 1. The minimum Gasteiger partial charge on any atom is -0.455 e. The smallest absolute Gasteiger partial charge is 0.330 e. The number of unbranched alkanes of at least 4 members (excludes halogenated alkanes) is 1. The zero-order valence-corrected chi connectivity index (χ0v) is 18.2. The van der Waals surface area contributed by atoms with Gasteiger partial charge in [-0.05, 0) is 24.4 Å². The van der Waals surface area contributed by atoms with Crippen LogP contribution in [0, 0.1) is 0 Å². The zero-order valence-electron chi connectivity index (χ0n) is 16.6. The second-order valence-electron chi connectivity index (χ2n) is 6.98. The van der Waals surface area contributed by atoms with E-state index in [0.717, 1.165) is 11.0 Å². The van der Waals surface area contributed by atoms with Crippen LogP contribution in [0.2, 0.25) is 0 Å². The van der Waals surface area contributed by atoms with Gasteiger partial charge in [0.2, 0.25) is 5.78 Å². The van der Waals surface area contributed by atoms with Gasteiger partial charge in [-0.15, -0.1) is 0 Å². The van der Waals surface area contributed by atoms with Crippen LogP contribution >= 0.6 is 15.9 Å².